The van der Waals surface area contributed by atoms with Crippen molar-refractivity contribution in [2.45, 2.75) is 50.7 Å². The van der Waals surface area contributed by atoms with Crippen molar-refractivity contribution in [1.29, 1.82) is 0 Å². The van der Waals surface area contributed by atoms with Crippen LogP contribution in [0.2, 0.25) is 0 Å². The first-order valence-corrected chi connectivity index (χ1v) is 9.45. The maximum atomic E-state index is 12.0. The molecule has 5 nitrogen and oxygen atoms in total. The molecule has 1 N–H and O–H groups in total. The van der Waals surface area contributed by atoms with Gasteiger partial charge in [0.15, 0.2) is 11.0 Å². The second-order valence-electron chi connectivity index (χ2n) is 6.78. The van der Waals surface area contributed by atoms with Gasteiger partial charge in [0.05, 0.1) is 5.75 Å². The lowest BCUT2D eigenvalue weighted by Gasteiger charge is -2.34. The first kappa shape index (κ1) is 17.0. The molecule has 0 aliphatic carbocycles. The number of fused-ring (bicyclic) bond motifs is 3. The van der Waals surface area contributed by atoms with Gasteiger partial charge in [-0.1, -0.05) is 49.4 Å². The third-order valence-electron chi connectivity index (χ3n) is 4.30. The number of unbranched alkanes of at least 4 members (excludes halogenated alkanes) is 1. The van der Waals surface area contributed by atoms with Crippen LogP contribution in [0, 0.1) is 0 Å². The van der Waals surface area contributed by atoms with E-state index in [0.717, 1.165) is 42.4 Å². The summed E-state index contributed by atoms with van der Waals surface area (Å²) in [7, 11) is 0. The summed E-state index contributed by atoms with van der Waals surface area (Å²) >= 11 is 1.46. The van der Waals surface area contributed by atoms with Gasteiger partial charge in [-0.3, -0.25) is 9.36 Å². The number of thioether (sulfide) groups is 1. The van der Waals surface area contributed by atoms with Gasteiger partial charge in [0.1, 0.15) is 0 Å². The Labute approximate surface area is 147 Å². The van der Waals surface area contributed by atoms with Gasteiger partial charge < -0.3 is 5.32 Å². The topological polar surface area (TPSA) is 59.8 Å². The number of amides is 1. The second kappa shape index (κ2) is 6.97. The van der Waals surface area contributed by atoms with E-state index in [9.17, 15) is 4.79 Å². The molecule has 0 fully saturated rings. The number of hydrogen-bond donors (Lipinski definition) is 1. The Morgan fingerprint density at radius 1 is 1.33 bits per heavy atom. The summed E-state index contributed by atoms with van der Waals surface area (Å²) in [5, 5.41) is 12.5. The van der Waals surface area contributed by atoms with E-state index in [1.54, 1.807) is 0 Å². The highest BCUT2D eigenvalue weighted by Crippen LogP contribution is 2.39. The van der Waals surface area contributed by atoms with Crippen molar-refractivity contribution in [3.8, 4) is 11.4 Å². The van der Waals surface area contributed by atoms with E-state index in [2.05, 4.69) is 59.1 Å². The van der Waals surface area contributed by atoms with Gasteiger partial charge in [-0.2, -0.15) is 0 Å². The molecule has 2 aromatic rings. The minimum atomic E-state index is -0.103. The van der Waals surface area contributed by atoms with E-state index in [0.29, 0.717) is 5.75 Å². The standard InChI is InChI=1S/C18H24N4OS/c1-4-5-10-19-15(23)12-24-17-21-20-16-14-9-7-6-8-13(14)11-18(2,3)22(16)17/h6-9H,4-5,10-12H2,1-3H3,(H,19,23). The summed E-state index contributed by atoms with van der Waals surface area (Å²) < 4.78 is 2.18. The Kier molecular flexibility index (Phi) is 4.94. The average molecular weight is 344 g/mol. The zero-order chi connectivity index (χ0) is 17.2. The molecule has 0 saturated heterocycles. The van der Waals surface area contributed by atoms with E-state index in [-0.39, 0.29) is 11.4 Å². The van der Waals surface area contributed by atoms with Crippen LogP contribution in [0.5, 0.6) is 0 Å². The monoisotopic (exact) mass is 344 g/mol. The molecule has 1 aliphatic rings. The zero-order valence-electron chi connectivity index (χ0n) is 14.5. The van der Waals surface area contributed by atoms with Crippen LogP contribution in [0.25, 0.3) is 11.4 Å². The number of carbonyl (C=O) groups is 1. The van der Waals surface area contributed by atoms with Crippen molar-refractivity contribution < 1.29 is 4.79 Å². The zero-order valence-corrected chi connectivity index (χ0v) is 15.3. The third kappa shape index (κ3) is 3.34. The number of hydrogen-bond acceptors (Lipinski definition) is 4. The predicted octanol–water partition coefficient (Wildman–Crippen LogP) is 3.24. The molecule has 0 atom stereocenters. The number of aromatic nitrogens is 3. The lowest BCUT2D eigenvalue weighted by molar-refractivity contribution is -0.118. The molecule has 3 rings (SSSR count). The van der Waals surface area contributed by atoms with Gasteiger partial charge in [0.2, 0.25) is 5.91 Å². The highest BCUT2D eigenvalue weighted by atomic mass is 32.2. The minimum absolute atomic E-state index is 0.0554. The molecular weight excluding hydrogens is 320 g/mol. The lowest BCUT2D eigenvalue weighted by atomic mass is 9.87. The van der Waals surface area contributed by atoms with Gasteiger partial charge in [0, 0.05) is 17.6 Å². The van der Waals surface area contributed by atoms with Gasteiger partial charge in [0.25, 0.3) is 0 Å². The Morgan fingerprint density at radius 3 is 2.92 bits per heavy atom. The van der Waals surface area contributed by atoms with E-state index >= 15 is 0 Å². The Balaban J connectivity index is 1.79. The smallest absolute Gasteiger partial charge is 0.230 e. The van der Waals surface area contributed by atoms with Gasteiger partial charge in [-0.15, -0.1) is 10.2 Å². The van der Waals surface area contributed by atoms with Crippen molar-refractivity contribution in [2.24, 2.45) is 0 Å². The van der Waals surface area contributed by atoms with Crippen LogP contribution >= 0.6 is 11.8 Å². The molecule has 1 aliphatic heterocycles. The van der Waals surface area contributed by atoms with Crippen LogP contribution in [0.3, 0.4) is 0 Å². The molecule has 6 heteroatoms. The Morgan fingerprint density at radius 2 is 2.12 bits per heavy atom. The molecule has 0 saturated carbocycles. The van der Waals surface area contributed by atoms with Crippen LogP contribution in [-0.4, -0.2) is 33.0 Å². The average Bonchev–Trinajstić information content (AvgIpc) is 2.98. The van der Waals surface area contributed by atoms with Gasteiger partial charge in [-0.25, -0.2) is 0 Å². The quantitative estimate of drug-likeness (QED) is 0.645. The second-order valence-corrected chi connectivity index (χ2v) is 7.72. The molecule has 1 amide bonds. The highest BCUT2D eigenvalue weighted by molar-refractivity contribution is 7.99. The van der Waals surface area contributed by atoms with Crippen LogP contribution in [0.15, 0.2) is 29.4 Å². The number of nitrogens with one attached hydrogen (secondary N) is 1. The van der Waals surface area contributed by atoms with E-state index in [1.165, 1.54) is 17.3 Å². The highest BCUT2D eigenvalue weighted by Gasteiger charge is 2.34. The first-order chi connectivity index (χ1) is 11.5. The fraction of sp³-hybridized carbons (Fsp3) is 0.500. The molecule has 0 radical (unpaired) electrons. The van der Waals surface area contributed by atoms with Crippen molar-refractivity contribution in [3.05, 3.63) is 29.8 Å². The third-order valence-corrected chi connectivity index (χ3v) is 5.23. The molecule has 0 unspecified atom stereocenters. The van der Waals surface area contributed by atoms with E-state index in [4.69, 9.17) is 0 Å². The minimum Gasteiger partial charge on any atom is -0.355 e. The van der Waals surface area contributed by atoms with Crippen LogP contribution in [0.4, 0.5) is 0 Å². The number of carbonyl (C=O) groups excluding carboxylic acids is 1. The van der Waals surface area contributed by atoms with Crippen molar-refractivity contribution >= 4 is 17.7 Å². The number of rotatable bonds is 6. The summed E-state index contributed by atoms with van der Waals surface area (Å²) in [6.45, 7) is 7.25. The summed E-state index contributed by atoms with van der Waals surface area (Å²) in [4.78, 5) is 12.0. The molecule has 1 aromatic carbocycles. The molecule has 0 spiro atoms. The van der Waals surface area contributed by atoms with Crippen molar-refractivity contribution in [3.63, 3.8) is 0 Å². The fourth-order valence-electron chi connectivity index (χ4n) is 3.11. The number of benzene rings is 1. The Hall–Kier alpha value is -1.82. The maximum Gasteiger partial charge on any atom is 0.230 e. The number of nitrogens with zero attached hydrogens (tertiary/aromatic N) is 3. The van der Waals surface area contributed by atoms with Gasteiger partial charge in [-0.05, 0) is 32.3 Å². The lowest BCUT2D eigenvalue weighted by Crippen LogP contribution is -2.34. The first-order valence-electron chi connectivity index (χ1n) is 8.46. The van der Waals surface area contributed by atoms with E-state index in [1.807, 2.05) is 6.07 Å². The van der Waals surface area contributed by atoms with Crippen LogP contribution in [-0.2, 0) is 16.8 Å². The summed E-state index contributed by atoms with van der Waals surface area (Å²) in [6.07, 6.45) is 3.03. The fourth-order valence-corrected chi connectivity index (χ4v) is 4.03. The molecule has 0 bridgehead atoms. The predicted molar refractivity (Wildman–Crippen MR) is 97.1 cm³/mol. The molecule has 128 valence electrons. The SMILES string of the molecule is CCCCNC(=O)CSc1nnc2n1C(C)(C)Cc1ccccc1-2. The van der Waals surface area contributed by atoms with Crippen LogP contribution in [0.1, 0.15) is 39.2 Å². The van der Waals surface area contributed by atoms with Crippen molar-refractivity contribution in [2.75, 3.05) is 12.3 Å². The van der Waals surface area contributed by atoms with E-state index < -0.39 is 0 Å². The van der Waals surface area contributed by atoms with Gasteiger partial charge >= 0.3 is 0 Å². The maximum absolute atomic E-state index is 12.0. The molecular formula is C18H24N4OS. The van der Waals surface area contributed by atoms with Crippen molar-refractivity contribution in [1.82, 2.24) is 20.1 Å². The summed E-state index contributed by atoms with van der Waals surface area (Å²) in [5.41, 5.74) is 2.34. The normalized spacial score (nSPS) is 14.8. The summed E-state index contributed by atoms with van der Waals surface area (Å²) in [6, 6.07) is 8.35. The van der Waals surface area contributed by atoms with Crippen LogP contribution < -0.4 is 5.32 Å². The molecule has 24 heavy (non-hydrogen) atoms. The molecule has 1 aromatic heterocycles. The largest absolute Gasteiger partial charge is 0.355 e. The Bertz CT molecular complexity index is 738. The molecule has 2 heterocycles. The summed E-state index contributed by atoms with van der Waals surface area (Å²) in [5.74, 6) is 1.33.